The molecule has 1 N–H and O–H groups in total. The number of aromatic carboxylic acids is 1. The summed E-state index contributed by atoms with van der Waals surface area (Å²) in [6, 6.07) is 20.2. The molecule has 0 saturated carbocycles. The summed E-state index contributed by atoms with van der Waals surface area (Å²) in [4.78, 5) is 16.1. The minimum atomic E-state index is -1.04. The molecule has 0 aliphatic carbocycles. The SMILES string of the molecule is Cc1ccn2c(N=Nc3ccccc3C(=O)O)c(-c3ccccc3)nc2c1. The van der Waals surface area contributed by atoms with Crippen molar-refractivity contribution in [1.29, 1.82) is 0 Å². The van der Waals surface area contributed by atoms with Gasteiger partial charge in [0.15, 0.2) is 5.82 Å². The Balaban J connectivity index is 1.89. The quantitative estimate of drug-likeness (QED) is 0.496. The Labute approximate surface area is 155 Å². The Morgan fingerprint density at radius 1 is 1.00 bits per heavy atom. The number of benzene rings is 2. The maximum absolute atomic E-state index is 11.4. The van der Waals surface area contributed by atoms with Crippen molar-refractivity contribution in [1.82, 2.24) is 9.38 Å². The molecule has 0 unspecified atom stereocenters. The Morgan fingerprint density at radius 3 is 2.52 bits per heavy atom. The Morgan fingerprint density at radius 2 is 1.74 bits per heavy atom. The summed E-state index contributed by atoms with van der Waals surface area (Å²) in [5, 5.41) is 17.9. The molecule has 6 nitrogen and oxygen atoms in total. The number of pyridine rings is 1. The fourth-order valence-electron chi connectivity index (χ4n) is 2.86. The molecule has 0 radical (unpaired) electrons. The highest BCUT2D eigenvalue weighted by Crippen LogP contribution is 2.33. The molecule has 6 heteroatoms. The van der Waals surface area contributed by atoms with Gasteiger partial charge < -0.3 is 5.11 Å². The number of aryl methyl sites for hydroxylation is 1. The molecule has 132 valence electrons. The van der Waals surface area contributed by atoms with Gasteiger partial charge in [0.2, 0.25) is 0 Å². The van der Waals surface area contributed by atoms with Crippen molar-refractivity contribution in [3.63, 3.8) is 0 Å². The van der Waals surface area contributed by atoms with Crippen LogP contribution in [0, 0.1) is 6.92 Å². The van der Waals surface area contributed by atoms with Gasteiger partial charge in [0.05, 0.1) is 5.56 Å². The lowest BCUT2D eigenvalue weighted by Gasteiger charge is -2.01. The van der Waals surface area contributed by atoms with Crippen molar-refractivity contribution >= 4 is 23.1 Å². The van der Waals surface area contributed by atoms with Crippen LogP contribution in [0.15, 0.2) is 83.2 Å². The van der Waals surface area contributed by atoms with Gasteiger partial charge in [0.1, 0.15) is 17.0 Å². The molecule has 27 heavy (non-hydrogen) atoms. The number of aromatic nitrogens is 2. The maximum Gasteiger partial charge on any atom is 0.337 e. The lowest BCUT2D eigenvalue weighted by atomic mass is 10.1. The van der Waals surface area contributed by atoms with Crippen LogP contribution < -0.4 is 0 Å². The first kappa shape index (κ1) is 16.7. The largest absolute Gasteiger partial charge is 0.478 e. The fourth-order valence-corrected chi connectivity index (χ4v) is 2.86. The van der Waals surface area contributed by atoms with Gasteiger partial charge in [0.25, 0.3) is 0 Å². The molecule has 0 aliphatic rings. The second-order valence-electron chi connectivity index (χ2n) is 6.10. The smallest absolute Gasteiger partial charge is 0.337 e. The summed E-state index contributed by atoms with van der Waals surface area (Å²) in [7, 11) is 0. The minimum Gasteiger partial charge on any atom is -0.478 e. The van der Waals surface area contributed by atoms with Gasteiger partial charge in [-0.25, -0.2) is 9.78 Å². The molecule has 0 amide bonds. The first-order chi connectivity index (χ1) is 13.1. The van der Waals surface area contributed by atoms with Gasteiger partial charge in [-0.3, -0.25) is 4.40 Å². The van der Waals surface area contributed by atoms with Crippen LogP contribution in [0.25, 0.3) is 16.9 Å². The van der Waals surface area contributed by atoms with Crippen LogP contribution in [0.2, 0.25) is 0 Å². The molecule has 0 bridgehead atoms. The number of fused-ring (bicyclic) bond motifs is 1. The van der Waals surface area contributed by atoms with Crippen molar-refractivity contribution in [2.45, 2.75) is 6.92 Å². The minimum absolute atomic E-state index is 0.104. The van der Waals surface area contributed by atoms with Crippen molar-refractivity contribution in [3.8, 4) is 11.3 Å². The van der Waals surface area contributed by atoms with E-state index in [2.05, 4.69) is 10.2 Å². The van der Waals surface area contributed by atoms with E-state index < -0.39 is 5.97 Å². The number of imidazole rings is 1. The van der Waals surface area contributed by atoms with Gasteiger partial charge >= 0.3 is 5.97 Å². The van der Waals surface area contributed by atoms with Crippen LogP contribution in [0.4, 0.5) is 11.5 Å². The van der Waals surface area contributed by atoms with Gasteiger partial charge in [0, 0.05) is 11.8 Å². The molecule has 0 aliphatic heterocycles. The zero-order valence-electron chi connectivity index (χ0n) is 14.6. The number of nitrogens with zero attached hydrogens (tertiary/aromatic N) is 4. The summed E-state index contributed by atoms with van der Waals surface area (Å²) in [6.45, 7) is 2.00. The number of hydrogen-bond donors (Lipinski definition) is 1. The van der Waals surface area contributed by atoms with Gasteiger partial charge in [-0.15, -0.1) is 10.2 Å². The maximum atomic E-state index is 11.4. The average molecular weight is 356 g/mol. The summed E-state index contributed by atoms with van der Waals surface area (Å²) in [5.41, 5.74) is 3.86. The number of carbonyl (C=O) groups is 1. The highest BCUT2D eigenvalue weighted by atomic mass is 16.4. The number of azo groups is 1. The summed E-state index contributed by atoms with van der Waals surface area (Å²) < 4.78 is 1.85. The Hall–Kier alpha value is -3.80. The molecule has 4 aromatic rings. The molecule has 0 spiro atoms. The van der Waals surface area contributed by atoms with Crippen molar-refractivity contribution in [2.24, 2.45) is 10.2 Å². The lowest BCUT2D eigenvalue weighted by molar-refractivity contribution is 0.0697. The van der Waals surface area contributed by atoms with Gasteiger partial charge in [-0.2, -0.15) is 0 Å². The van der Waals surface area contributed by atoms with Crippen LogP contribution in [0.5, 0.6) is 0 Å². The van der Waals surface area contributed by atoms with Gasteiger partial charge in [-0.1, -0.05) is 42.5 Å². The number of carboxylic acids is 1. The van der Waals surface area contributed by atoms with E-state index in [1.807, 2.05) is 60.0 Å². The first-order valence-corrected chi connectivity index (χ1v) is 8.41. The third-order valence-corrected chi connectivity index (χ3v) is 4.19. The highest BCUT2D eigenvalue weighted by molar-refractivity contribution is 5.93. The van der Waals surface area contributed by atoms with Crippen molar-refractivity contribution in [2.75, 3.05) is 0 Å². The molecule has 2 aromatic carbocycles. The number of hydrogen-bond acceptors (Lipinski definition) is 4. The highest BCUT2D eigenvalue weighted by Gasteiger charge is 2.15. The van der Waals surface area contributed by atoms with Crippen LogP contribution >= 0.6 is 0 Å². The van der Waals surface area contributed by atoms with E-state index in [-0.39, 0.29) is 5.56 Å². The Kier molecular flexibility index (Phi) is 4.22. The normalized spacial score (nSPS) is 11.3. The lowest BCUT2D eigenvalue weighted by Crippen LogP contribution is -1.95. The molecular formula is C21H16N4O2. The van der Waals surface area contributed by atoms with Gasteiger partial charge in [-0.05, 0) is 36.8 Å². The van der Waals surface area contributed by atoms with E-state index in [1.54, 1.807) is 18.2 Å². The van der Waals surface area contributed by atoms with Crippen molar-refractivity contribution < 1.29 is 9.90 Å². The van der Waals surface area contributed by atoms with E-state index in [0.717, 1.165) is 16.8 Å². The zero-order valence-corrected chi connectivity index (χ0v) is 14.6. The summed E-state index contributed by atoms with van der Waals surface area (Å²) in [5.74, 6) is -0.488. The van der Waals surface area contributed by atoms with E-state index in [0.29, 0.717) is 17.2 Å². The molecule has 0 fully saturated rings. The zero-order chi connectivity index (χ0) is 18.8. The van der Waals surface area contributed by atoms with Crippen LogP contribution in [0.3, 0.4) is 0 Å². The first-order valence-electron chi connectivity index (χ1n) is 8.41. The van der Waals surface area contributed by atoms with E-state index in [9.17, 15) is 9.90 Å². The molecule has 0 saturated heterocycles. The average Bonchev–Trinajstić information content (AvgIpc) is 3.04. The van der Waals surface area contributed by atoms with E-state index in [1.165, 1.54) is 6.07 Å². The third kappa shape index (κ3) is 3.20. The Bertz CT molecular complexity index is 1160. The molecule has 2 aromatic heterocycles. The molecule has 2 heterocycles. The van der Waals surface area contributed by atoms with Crippen LogP contribution in [-0.2, 0) is 0 Å². The standard InChI is InChI=1S/C21H16N4O2/c1-14-11-12-25-18(13-14)22-19(15-7-3-2-4-8-15)20(25)24-23-17-10-6-5-9-16(17)21(26)27/h2-13H,1H3,(H,26,27). The number of rotatable bonds is 4. The molecule has 4 rings (SSSR count). The summed E-state index contributed by atoms with van der Waals surface area (Å²) in [6.07, 6.45) is 1.89. The van der Waals surface area contributed by atoms with Crippen LogP contribution in [-0.4, -0.2) is 20.5 Å². The predicted octanol–water partition coefficient (Wildman–Crippen LogP) is 5.42. The van der Waals surface area contributed by atoms with E-state index in [4.69, 9.17) is 4.98 Å². The third-order valence-electron chi connectivity index (χ3n) is 4.19. The summed E-state index contributed by atoms with van der Waals surface area (Å²) >= 11 is 0. The second-order valence-corrected chi connectivity index (χ2v) is 6.10. The number of carboxylic acid groups (broad SMARTS) is 1. The van der Waals surface area contributed by atoms with Crippen LogP contribution in [0.1, 0.15) is 15.9 Å². The van der Waals surface area contributed by atoms with E-state index >= 15 is 0 Å². The monoisotopic (exact) mass is 356 g/mol. The molecular weight excluding hydrogens is 340 g/mol. The van der Waals surface area contributed by atoms with Crippen molar-refractivity contribution in [3.05, 3.63) is 84.1 Å². The fraction of sp³-hybridized carbons (Fsp3) is 0.0476. The molecule has 0 atom stereocenters. The second kappa shape index (κ2) is 6.84. The topological polar surface area (TPSA) is 79.3 Å². The predicted molar refractivity (Wildman–Crippen MR) is 103 cm³/mol.